The van der Waals surface area contributed by atoms with Crippen LogP contribution in [0.4, 0.5) is 0 Å². The fourth-order valence-corrected chi connectivity index (χ4v) is 3.71. The molecule has 90 valence electrons. The van der Waals surface area contributed by atoms with Crippen LogP contribution in [0.15, 0.2) is 11.4 Å². The molecule has 0 amide bonds. The molecule has 0 radical (unpaired) electrons. The van der Waals surface area contributed by atoms with E-state index in [4.69, 9.17) is 16.3 Å². The number of rotatable bonds is 4. The first-order chi connectivity index (χ1) is 7.67. The van der Waals surface area contributed by atoms with E-state index in [0.717, 1.165) is 31.0 Å². The third-order valence-corrected chi connectivity index (χ3v) is 4.60. The van der Waals surface area contributed by atoms with Crippen LogP contribution < -0.4 is 5.32 Å². The molecule has 0 saturated carbocycles. The first-order valence-electron chi connectivity index (χ1n) is 5.77. The summed E-state index contributed by atoms with van der Waals surface area (Å²) in [6.07, 6.45) is 2.24. The predicted molar refractivity (Wildman–Crippen MR) is 69.3 cm³/mol. The fraction of sp³-hybridized carbons (Fsp3) is 0.667. The summed E-state index contributed by atoms with van der Waals surface area (Å²) in [4.78, 5) is 1.20. The highest BCUT2D eigenvalue weighted by molar-refractivity contribution is 7.10. The zero-order chi connectivity index (χ0) is 11.6. The van der Waals surface area contributed by atoms with Gasteiger partial charge in [-0.2, -0.15) is 0 Å². The van der Waals surface area contributed by atoms with Crippen molar-refractivity contribution in [2.24, 2.45) is 0 Å². The maximum atomic E-state index is 6.23. The van der Waals surface area contributed by atoms with Gasteiger partial charge in [0.05, 0.1) is 16.7 Å². The van der Waals surface area contributed by atoms with Crippen LogP contribution in [0.2, 0.25) is 5.02 Å². The van der Waals surface area contributed by atoms with Gasteiger partial charge in [-0.1, -0.05) is 18.5 Å². The number of nitrogens with one attached hydrogen (secondary N) is 1. The Hall–Kier alpha value is -0.0900. The van der Waals surface area contributed by atoms with Crippen molar-refractivity contribution in [2.75, 3.05) is 13.2 Å². The Morgan fingerprint density at radius 3 is 3.00 bits per heavy atom. The number of hydrogen-bond donors (Lipinski definition) is 1. The van der Waals surface area contributed by atoms with Crippen LogP contribution in [0.5, 0.6) is 0 Å². The molecular formula is C12H18ClNOS. The molecule has 1 fully saturated rings. The lowest BCUT2D eigenvalue weighted by atomic mass is 9.92. The van der Waals surface area contributed by atoms with Crippen molar-refractivity contribution in [3.8, 4) is 0 Å². The first kappa shape index (κ1) is 12.4. The van der Waals surface area contributed by atoms with E-state index in [1.165, 1.54) is 4.88 Å². The molecule has 2 unspecified atom stereocenters. The van der Waals surface area contributed by atoms with Gasteiger partial charge in [-0.25, -0.2) is 0 Å². The largest absolute Gasteiger partial charge is 0.373 e. The zero-order valence-electron chi connectivity index (χ0n) is 9.75. The van der Waals surface area contributed by atoms with E-state index >= 15 is 0 Å². The average Bonchev–Trinajstić information content (AvgIpc) is 2.85. The maximum absolute atomic E-state index is 6.23. The van der Waals surface area contributed by atoms with E-state index in [1.54, 1.807) is 11.3 Å². The van der Waals surface area contributed by atoms with Crippen molar-refractivity contribution in [1.82, 2.24) is 5.32 Å². The molecule has 4 heteroatoms. The van der Waals surface area contributed by atoms with Gasteiger partial charge in [0.25, 0.3) is 0 Å². The zero-order valence-corrected chi connectivity index (χ0v) is 11.3. The topological polar surface area (TPSA) is 21.3 Å². The molecule has 1 aromatic heterocycles. The first-order valence-corrected chi connectivity index (χ1v) is 7.03. The van der Waals surface area contributed by atoms with Gasteiger partial charge in [-0.3, -0.25) is 0 Å². The molecule has 2 rings (SSSR count). The highest BCUT2D eigenvalue weighted by Gasteiger charge is 2.40. The molecule has 1 saturated heterocycles. The molecule has 0 spiro atoms. The molecule has 2 nitrogen and oxygen atoms in total. The van der Waals surface area contributed by atoms with Crippen LogP contribution in [0.3, 0.4) is 0 Å². The molecule has 2 atom stereocenters. The summed E-state index contributed by atoms with van der Waals surface area (Å²) in [6.45, 7) is 6.09. The Labute approximate surface area is 106 Å². The van der Waals surface area contributed by atoms with Crippen LogP contribution >= 0.6 is 22.9 Å². The molecular weight excluding hydrogens is 242 g/mol. The number of ether oxygens (including phenoxy) is 1. The normalized spacial score (nSPS) is 27.2. The number of hydrogen-bond acceptors (Lipinski definition) is 3. The van der Waals surface area contributed by atoms with Gasteiger partial charge >= 0.3 is 0 Å². The third kappa shape index (κ3) is 2.28. The Kier molecular flexibility index (Phi) is 3.90. The Morgan fingerprint density at radius 1 is 1.69 bits per heavy atom. The number of thiophene rings is 1. The van der Waals surface area contributed by atoms with E-state index in [0.29, 0.717) is 0 Å². The minimum Gasteiger partial charge on any atom is -0.373 e. The van der Waals surface area contributed by atoms with Gasteiger partial charge in [0, 0.05) is 11.5 Å². The molecule has 1 aliphatic rings. The lowest BCUT2D eigenvalue weighted by Crippen LogP contribution is -2.40. The SMILES string of the molecule is CCNC(c1sccc1Cl)C1(C)CCCO1. The van der Waals surface area contributed by atoms with Crippen molar-refractivity contribution in [3.05, 3.63) is 21.3 Å². The monoisotopic (exact) mass is 259 g/mol. The van der Waals surface area contributed by atoms with Crippen LogP contribution in [0.25, 0.3) is 0 Å². The second-order valence-corrected chi connectivity index (χ2v) is 5.74. The molecule has 1 N–H and O–H groups in total. The van der Waals surface area contributed by atoms with E-state index in [-0.39, 0.29) is 11.6 Å². The highest BCUT2D eigenvalue weighted by Crippen LogP contribution is 2.41. The fourth-order valence-electron chi connectivity index (χ4n) is 2.33. The van der Waals surface area contributed by atoms with Gasteiger partial charge < -0.3 is 10.1 Å². The molecule has 1 aromatic rings. The van der Waals surface area contributed by atoms with Crippen LogP contribution in [0, 0.1) is 0 Å². The van der Waals surface area contributed by atoms with Gasteiger partial charge in [-0.05, 0) is 37.8 Å². The molecule has 1 aliphatic heterocycles. The molecule has 0 aromatic carbocycles. The minimum atomic E-state index is -0.107. The minimum absolute atomic E-state index is 0.107. The van der Waals surface area contributed by atoms with Crippen LogP contribution in [0.1, 0.15) is 37.6 Å². The van der Waals surface area contributed by atoms with Crippen molar-refractivity contribution in [1.29, 1.82) is 0 Å². The average molecular weight is 260 g/mol. The van der Waals surface area contributed by atoms with Crippen molar-refractivity contribution in [3.63, 3.8) is 0 Å². The number of likely N-dealkylation sites (N-methyl/N-ethyl adjacent to an activating group) is 1. The van der Waals surface area contributed by atoms with Gasteiger partial charge in [0.1, 0.15) is 0 Å². The summed E-state index contributed by atoms with van der Waals surface area (Å²) in [6, 6.07) is 2.18. The van der Waals surface area contributed by atoms with Crippen molar-refractivity contribution in [2.45, 2.75) is 38.3 Å². The van der Waals surface area contributed by atoms with Crippen molar-refractivity contribution >= 4 is 22.9 Å². The molecule has 0 bridgehead atoms. The Bertz CT molecular complexity index is 347. The van der Waals surface area contributed by atoms with E-state index < -0.39 is 0 Å². The summed E-state index contributed by atoms with van der Waals surface area (Å²) in [5, 5.41) is 6.41. The van der Waals surface area contributed by atoms with Crippen LogP contribution in [-0.2, 0) is 4.74 Å². The summed E-state index contributed by atoms with van der Waals surface area (Å²) >= 11 is 7.93. The second-order valence-electron chi connectivity index (χ2n) is 4.39. The highest BCUT2D eigenvalue weighted by atomic mass is 35.5. The van der Waals surface area contributed by atoms with Crippen molar-refractivity contribution < 1.29 is 4.74 Å². The predicted octanol–water partition coefficient (Wildman–Crippen LogP) is 3.62. The van der Waals surface area contributed by atoms with Crippen LogP contribution in [-0.4, -0.2) is 18.8 Å². The molecule has 2 heterocycles. The van der Waals surface area contributed by atoms with Gasteiger partial charge in [0.2, 0.25) is 0 Å². The van der Waals surface area contributed by atoms with Gasteiger partial charge in [-0.15, -0.1) is 11.3 Å². The maximum Gasteiger partial charge on any atom is 0.0857 e. The summed E-state index contributed by atoms with van der Waals surface area (Å²) < 4.78 is 5.92. The lowest BCUT2D eigenvalue weighted by molar-refractivity contribution is -0.0111. The Morgan fingerprint density at radius 2 is 2.50 bits per heavy atom. The summed E-state index contributed by atoms with van der Waals surface area (Å²) in [5.74, 6) is 0. The lowest BCUT2D eigenvalue weighted by Gasteiger charge is -2.33. The second kappa shape index (κ2) is 5.05. The van der Waals surface area contributed by atoms with E-state index in [2.05, 4.69) is 19.2 Å². The quantitative estimate of drug-likeness (QED) is 0.892. The smallest absolute Gasteiger partial charge is 0.0857 e. The Balaban J connectivity index is 2.26. The summed E-state index contributed by atoms with van der Waals surface area (Å²) in [7, 11) is 0. The van der Waals surface area contributed by atoms with E-state index in [1.807, 2.05) is 11.4 Å². The molecule has 0 aliphatic carbocycles. The molecule has 16 heavy (non-hydrogen) atoms. The summed E-state index contributed by atoms with van der Waals surface area (Å²) in [5.41, 5.74) is -0.107. The third-order valence-electron chi connectivity index (χ3n) is 3.18. The number of halogens is 1. The standard InChI is InChI=1S/C12H18ClNOS/c1-3-14-11(10-9(13)5-8-16-10)12(2)6-4-7-15-12/h5,8,11,14H,3-4,6-7H2,1-2H3. The van der Waals surface area contributed by atoms with E-state index in [9.17, 15) is 0 Å². The van der Waals surface area contributed by atoms with Gasteiger partial charge in [0.15, 0.2) is 0 Å².